The van der Waals surface area contributed by atoms with Crippen LogP contribution in [0.3, 0.4) is 0 Å². The Balaban J connectivity index is 2.33. The van der Waals surface area contributed by atoms with Crippen molar-refractivity contribution in [1.82, 2.24) is 9.88 Å². The predicted octanol–water partition coefficient (Wildman–Crippen LogP) is 3.83. The molecular formula is C17H15N3O2. The Morgan fingerprint density at radius 1 is 1.14 bits per heavy atom. The molecule has 5 nitrogen and oxygen atoms in total. The van der Waals surface area contributed by atoms with Crippen molar-refractivity contribution in [3.63, 3.8) is 0 Å². The molecule has 0 atom stereocenters. The molecule has 0 N–H and O–H groups in total. The molecule has 0 radical (unpaired) electrons. The highest BCUT2D eigenvalue weighted by Crippen LogP contribution is 2.31. The maximum atomic E-state index is 11.5. The molecule has 0 amide bonds. The maximum Gasteiger partial charge on any atom is 0.302 e. The third kappa shape index (κ3) is 2.48. The minimum atomic E-state index is -0.362. The summed E-state index contributed by atoms with van der Waals surface area (Å²) in [5, 5.41) is 13.3. The van der Waals surface area contributed by atoms with Gasteiger partial charge in [-0.1, -0.05) is 24.3 Å². The molecule has 0 aliphatic heterocycles. The van der Waals surface area contributed by atoms with E-state index in [0.29, 0.717) is 11.1 Å². The van der Waals surface area contributed by atoms with E-state index in [1.54, 1.807) is 18.3 Å². The van der Waals surface area contributed by atoms with Crippen molar-refractivity contribution >= 4 is 33.6 Å². The first-order chi connectivity index (χ1) is 10.6. The van der Waals surface area contributed by atoms with Gasteiger partial charge in [-0.25, -0.2) is 4.98 Å². The number of nitrogens with zero attached hydrogens (tertiary/aromatic N) is 3. The first-order valence-electron chi connectivity index (χ1n) is 6.88. The summed E-state index contributed by atoms with van der Waals surface area (Å²) in [6.07, 6.45) is 3.52. The summed E-state index contributed by atoms with van der Waals surface area (Å²) >= 11 is 0. The summed E-state index contributed by atoms with van der Waals surface area (Å²) in [6.45, 7) is 0. The lowest BCUT2D eigenvalue weighted by Gasteiger charge is -2.06. The van der Waals surface area contributed by atoms with E-state index >= 15 is 0 Å². The van der Waals surface area contributed by atoms with E-state index in [0.717, 1.165) is 16.3 Å². The van der Waals surface area contributed by atoms with Crippen molar-refractivity contribution in [3.8, 4) is 0 Å². The van der Waals surface area contributed by atoms with Crippen molar-refractivity contribution in [2.24, 2.45) is 0 Å². The molecule has 2 aromatic carbocycles. The van der Waals surface area contributed by atoms with Crippen LogP contribution in [0, 0.1) is 10.1 Å². The lowest BCUT2D eigenvalue weighted by molar-refractivity contribution is -0.383. The normalized spacial score (nSPS) is 11.4. The smallest absolute Gasteiger partial charge is 0.302 e. The van der Waals surface area contributed by atoms with Crippen molar-refractivity contribution < 1.29 is 4.92 Å². The Labute approximate surface area is 127 Å². The SMILES string of the molecule is CN(C)/C=C/c1ccc2cc3ccccc3nc2c1[N+](=O)[O-]. The summed E-state index contributed by atoms with van der Waals surface area (Å²) in [7, 11) is 3.74. The van der Waals surface area contributed by atoms with Gasteiger partial charge in [0.1, 0.15) is 5.52 Å². The fraction of sp³-hybridized carbons (Fsp3) is 0.118. The lowest BCUT2D eigenvalue weighted by Crippen LogP contribution is -2.00. The van der Waals surface area contributed by atoms with Gasteiger partial charge in [0.25, 0.3) is 0 Å². The standard InChI is InChI=1S/C17H15N3O2/c1-19(2)10-9-12-7-8-14-11-13-5-3-4-6-15(13)18-16(14)17(12)20(21)22/h3-11H,1-2H3/b10-9+. The summed E-state index contributed by atoms with van der Waals surface area (Å²) in [4.78, 5) is 17.5. The number of benzene rings is 2. The molecule has 1 aromatic heterocycles. The number of pyridine rings is 1. The van der Waals surface area contributed by atoms with Crippen molar-refractivity contribution in [2.45, 2.75) is 0 Å². The van der Waals surface area contributed by atoms with Gasteiger partial charge in [-0.05, 0) is 30.5 Å². The number of aromatic nitrogens is 1. The van der Waals surface area contributed by atoms with Crippen LogP contribution in [0.5, 0.6) is 0 Å². The molecule has 0 fully saturated rings. The molecule has 110 valence electrons. The Hall–Kier alpha value is -2.95. The van der Waals surface area contributed by atoms with Crippen LogP contribution in [0.1, 0.15) is 5.56 Å². The van der Waals surface area contributed by atoms with Gasteiger partial charge in [-0.2, -0.15) is 0 Å². The van der Waals surface area contributed by atoms with Gasteiger partial charge in [0.15, 0.2) is 0 Å². The van der Waals surface area contributed by atoms with Crippen LogP contribution in [0.4, 0.5) is 5.69 Å². The van der Waals surface area contributed by atoms with E-state index < -0.39 is 0 Å². The van der Waals surface area contributed by atoms with E-state index in [9.17, 15) is 10.1 Å². The van der Waals surface area contributed by atoms with Gasteiger partial charge in [-0.3, -0.25) is 10.1 Å². The van der Waals surface area contributed by atoms with Crippen LogP contribution >= 0.6 is 0 Å². The minimum Gasteiger partial charge on any atom is -0.383 e. The lowest BCUT2D eigenvalue weighted by atomic mass is 10.1. The molecule has 3 rings (SSSR count). The zero-order valence-corrected chi connectivity index (χ0v) is 12.4. The van der Waals surface area contributed by atoms with Gasteiger partial charge < -0.3 is 4.90 Å². The maximum absolute atomic E-state index is 11.5. The third-order valence-corrected chi connectivity index (χ3v) is 3.43. The molecule has 1 heterocycles. The highest BCUT2D eigenvalue weighted by molar-refractivity contribution is 5.98. The zero-order valence-electron chi connectivity index (χ0n) is 12.4. The number of para-hydroxylation sites is 1. The largest absolute Gasteiger partial charge is 0.383 e. The van der Waals surface area contributed by atoms with E-state index in [4.69, 9.17) is 0 Å². The Bertz CT molecular complexity index is 901. The minimum absolute atomic E-state index is 0.0429. The van der Waals surface area contributed by atoms with E-state index in [1.807, 2.05) is 55.4 Å². The van der Waals surface area contributed by atoms with Crippen molar-refractivity contribution in [2.75, 3.05) is 14.1 Å². The number of hydrogen-bond acceptors (Lipinski definition) is 4. The first kappa shape index (κ1) is 14.0. The average molecular weight is 293 g/mol. The number of nitro benzene ring substituents is 1. The second-order valence-corrected chi connectivity index (χ2v) is 5.29. The van der Waals surface area contributed by atoms with E-state index in [-0.39, 0.29) is 10.6 Å². The second-order valence-electron chi connectivity index (χ2n) is 5.29. The van der Waals surface area contributed by atoms with Crippen LogP contribution in [0.15, 0.2) is 48.7 Å². The monoisotopic (exact) mass is 293 g/mol. The van der Waals surface area contributed by atoms with Gasteiger partial charge in [0, 0.05) is 24.9 Å². The third-order valence-electron chi connectivity index (χ3n) is 3.43. The molecule has 0 saturated heterocycles. The summed E-state index contributed by atoms with van der Waals surface area (Å²) < 4.78 is 0. The van der Waals surface area contributed by atoms with Gasteiger partial charge in [-0.15, -0.1) is 0 Å². The van der Waals surface area contributed by atoms with E-state index in [1.165, 1.54) is 0 Å². The van der Waals surface area contributed by atoms with Crippen LogP contribution in [-0.2, 0) is 0 Å². The highest BCUT2D eigenvalue weighted by atomic mass is 16.6. The molecule has 0 bridgehead atoms. The van der Waals surface area contributed by atoms with Gasteiger partial charge in [0.05, 0.1) is 16.0 Å². The molecule has 5 heteroatoms. The van der Waals surface area contributed by atoms with Crippen LogP contribution < -0.4 is 0 Å². The fourth-order valence-electron chi connectivity index (χ4n) is 2.40. The van der Waals surface area contributed by atoms with Crippen LogP contribution in [0.2, 0.25) is 0 Å². The second kappa shape index (κ2) is 5.44. The molecule has 0 saturated carbocycles. The summed E-state index contributed by atoms with van der Waals surface area (Å²) in [6, 6.07) is 13.2. The summed E-state index contributed by atoms with van der Waals surface area (Å²) in [5.41, 5.74) is 1.77. The number of rotatable bonds is 3. The predicted molar refractivity (Wildman–Crippen MR) is 88.6 cm³/mol. The fourth-order valence-corrected chi connectivity index (χ4v) is 2.40. The van der Waals surface area contributed by atoms with Crippen LogP contribution in [-0.4, -0.2) is 28.9 Å². The van der Waals surface area contributed by atoms with Crippen molar-refractivity contribution in [1.29, 1.82) is 0 Å². The number of fused-ring (bicyclic) bond motifs is 2. The molecule has 0 aliphatic carbocycles. The highest BCUT2D eigenvalue weighted by Gasteiger charge is 2.18. The zero-order chi connectivity index (χ0) is 15.7. The molecule has 0 unspecified atom stereocenters. The molecule has 0 spiro atoms. The first-order valence-corrected chi connectivity index (χ1v) is 6.88. The van der Waals surface area contributed by atoms with E-state index in [2.05, 4.69) is 4.98 Å². The molecule has 0 aliphatic rings. The average Bonchev–Trinajstić information content (AvgIpc) is 2.49. The Morgan fingerprint density at radius 2 is 1.91 bits per heavy atom. The molecule has 22 heavy (non-hydrogen) atoms. The number of hydrogen-bond donors (Lipinski definition) is 0. The quantitative estimate of drug-likeness (QED) is 0.418. The van der Waals surface area contributed by atoms with Gasteiger partial charge in [0.2, 0.25) is 0 Å². The Kier molecular flexibility index (Phi) is 3.47. The van der Waals surface area contributed by atoms with Gasteiger partial charge >= 0.3 is 5.69 Å². The summed E-state index contributed by atoms with van der Waals surface area (Å²) in [5.74, 6) is 0. The number of nitro groups is 1. The topological polar surface area (TPSA) is 59.3 Å². The van der Waals surface area contributed by atoms with Crippen LogP contribution in [0.25, 0.3) is 27.9 Å². The Morgan fingerprint density at radius 3 is 2.64 bits per heavy atom. The van der Waals surface area contributed by atoms with Crippen molar-refractivity contribution in [3.05, 3.63) is 64.3 Å². The molecule has 3 aromatic rings. The molecular weight excluding hydrogens is 278 g/mol.